The van der Waals surface area contributed by atoms with Gasteiger partial charge in [0, 0.05) is 18.4 Å². The second-order valence-electron chi connectivity index (χ2n) is 5.04. The number of nitrogens with one attached hydrogen (secondary N) is 1. The number of carbonyl (C=O) groups is 2. The lowest BCUT2D eigenvalue weighted by atomic mass is 9.98. The fourth-order valence-corrected chi connectivity index (χ4v) is 2.01. The normalized spacial score (nSPS) is 19.8. The molecule has 3 N–H and O–H groups in total. The van der Waals surface area contributed by atoms with Crippen LogP contribution in [0.2, 0.25) is 0 Å². The summed E-state index contributed by atoms with van der Waals surface area (Å²) in [6.45, 7) is 3.61. The van der Waals surface area contributed by atoms with Crippen molar-refractivity contribution in [2.75, 3.05) is 0 Å². The van der Waals surface area contributed by atoms with E-state index < -0.39 is 11.4 Å². The van der Waals surface area contributed by atoms with Crippen LogP contribution in [0.3, 0.4) is 0 Å². The Morgan fingerprint density at radius 2 is 2.19 bits per heavy atom. The van der Waals surface area contributed by atoms with Crippen LogP contribution in [0.5, 0.6) is 0 Å². The largest absolute Gasteiger partial charge is 0.370 e. The first kappa shape index (κ1) is 12.7. The number of hydrogen-bond acceptors (Lipinski definition) is 2. The molecular weight excluding hydrogens is 204 g/mol. The van der Waals surface area contributed by atoms with Gasteiger partial charge in [0.15, 0.2) is 0 Å². The van der Waals surface area contributed by atoms with E-state index in [2.05, 4.69) is 17.5 Å². The fraction of sp³-hybridized carbons (Fsp3) is 0.667. The molecule has 2 amide bonds. The molecule has 16 heavy (non-hydrogen) atoms. The van der Waals surface area contributed by atoms with Gasteiger partial charge in [-0.2, -0.15) is 0 Å². The average molecular weight is 224 g/mol. The highest BCUT2D eigenvalue weighted by Crippen LogP contribution is 2.20. The minimum atomic E-state index is -0.550. The summed E-state index contributed by atoms with van der Waals surface area (Å²) >= 11 is 0. The van der Waals surface area contributed by atoms with Crippen LogP contribution in [0.25, 0.3) is 0 Å². The van der Waals surface area contributed by atoms with Crippen LogP contribution in [-0.2, 0) is 9.59 Å². The number of primary amides is 1. The van der Waals surface area contributed by atoms with E-state index in [4.69, 9.17) is 5.73 Å². The Balaban J connectivity index is 2.37. The van der Waals surface area contributed by atoms with Gasteiger partial charge in [-0.25, -0.2) is 0 Å². The Morgan fingerprint density at radius 3 is 2.69 bits per heavy atom. The molecule has 0 spiro atoms. The van der Waals surface area contributed by atoms with E-state index in [0.717, 1.165) is 12.8 Å². The lowest BCUT2D eigenvalue weighted by Crippen LogP contribution is -2.46. The summed E-state index contributed by atoms with van der Waals surface area (Å²) in [4.78, 5) is 22.5. The van der Waals surface area contributed by atoms with Gasteiger partial charge in [-0.15, -0.1) is 0 Å². The van der Waals surface area contributed by atoms with E-state index in [-0.39, 0.29) is 12.3 Å². The monoisotopic (exact) mass is 224 g/mol. The molecule has 0 aromatic rings. The number of hydrogen-bond donors (Lipinski definition) is 2. The summed E-state index contributed by atoms with van der Waals surface area (Å²) in [5.74, 6) is -0.0572. The number of amides is 2. The van der Waals surface area contributed by atoms with Crippen molar-refractivity contribution in [3.05, 3.63) is 12.2 Å². The molecule has 0 radical (unpaired) electrons. The highest BCUT2D eigenvalue weighted by Gasteiger charge is 2.24. The second kappa shape index (κ2) is 5.14. The van der Waals surface area contributed by atoms with Crippen LogP contribution in [0.1, 0.15) is 39.5 Å². The van der Waals surface area contributed by atoms with Gasteiger partial charge < -0.3 is 11.1 Å². The molecule has 4 heteroatoms. The van der Waals surface area contributed by atoms with Crippen molar-refractivity contribution >= 4 is 11.8 Å². The maximum atomic E-state index is 11.7. The van der Waals surface area contributed by atoms with E-state index >= 15 is 0 Å². The zero-order chi connectivity index (χ0) is 12.2. The van der Waals surface area contributed by atoms with E-state index in [0.29, 0.717) is 12.3 Å². The Hall–Kier alpha value is -1.32. The van der Waals surface area contributed by atoms with E-state index in [1.54, 1.807) is 13.8 Å². The minimum absolute atomic E-state index is 0.0113. The van der Waals surface area contributed by atoms with Gasteiger partial charge in [-0.05, 0) is 32.6 Å². The topological polar surface area (TPSA) is 72.2 Å². The number of nitrogens with two attached hydrogens (primary N) is 1. The molecule has 1 rings (SSSR count). The third kappa shape index (κ3) is 4.47. The van der Waals surface area contributed by atoms with E-state index in [1.165, 1.54) is 0 Å². The standard InChI is InChI=1S/C12H20N2O2/c1-12(2,8-10(13)15)14-11(16)7-9-5-3-4-6-9/h3,5,9H,4,6-8H2,1-2H3,(H2,13,15)(H,14,16)/t9-/m0/s1. The highest BCUT2D eigenvalue weighted by atomic mass is 16.2. The number of carbonyl (C=O) groups excluding carboxylic acids is 2. The van der Waals surface area contributed by atoms with Crippen molar-refractivity contribution in [3.8, 4) is 0 Å². The zero-order valence-electron chi connectivity index (χ0n) is 9.95. The molecule has 0 aromatic carbocycles. The molecule has 0 aliphatic heterocycles. The van der Waals surface area contributed by atoms with E-state index in [9.17, 15) is 9.59 Å². The molecule has 0 heterocycles. The summed E-state index contributed by atoms with van der Waals surface area (Å²) < 4.78 is 0. The SMILES string of the molecule is CC(C)(CC(N)=O)NC(=O)C[C@H]1C=CCC1. The molecule has 0 unspecified atom stereocenters. The van der Waals surface area contributed by atoms with Crippen molar-refractivity contribution in [2.24, 2.45) is 11.7 Å². The summed E-state index contributed by atoms with van der Waals surface area (Å²) in [7, 11) is 0. The van der Waals surface area contributed by atoms with Crippen LogP contribution < -0.4 is 11.1 Å². The van der Waals surface area contributed by atoms with Crippen molar-refractivity contribution < 1.29 is 9.59 Å². The molecule has 4 nitrogen and oxygen atoms in total. The molecule has 1 aliphatic carbocycles. The Kier molecular flexibility index (Phi) is 4.10. The molecule has 90 valence electrons. The van der Waals surface area contributed by atoms with Crippen LogP contribution >= 0.6 is 0 Å². The van der Waals surface area contributed by atoms with Gasteiger partial charge in [0.2, 0.25) is 11.8 Å². The summed E-state index contributed by atoms with van der Waals surface area (Å²) in [6.07, 6.45) is 6.96. The van der Waals surface area contributed by atoms with Gasteiger partial charge in [0.1, 0.15) is 0 Å². The summed E-state index contributed by atoms with van der Waals surface area (Å²) in [5, 5.41) is 2.84. The molecule has 1 atom stereocenters. The zero-order valence-corrected chi connectivity index (χ0v) is 9.95. The van der Waals surface area contributed by atoms with Gasteiger partial charge >= 0.3 is 0 Å². The van der Waals surface area contributed by atoms with E-state index in [1.807, 2.05) is 0 Å². The van der Waals surface area contributed by atoms with Crippen molar-refractivity contribution in [1.29, 1.82) is 0 Å². The van der Waals surface area contributed by atoms with Crippen LogP contribution in [0.15, 0.2) is 12.2 Å². The molecule has 0 saturated carbocycles. The van der Waals surface area contributed by atoms with Crippen molar-refractivity contribution in [2.45, 2.75) is 45.1 Å². The maximum absolute atomic E-state index is 11.7. The third-order valence-electron chi connectivity index (χ3n) is 2.65. The van der Waals surface area contributed by atoms with Crippen LogP contribution in [-0.4, -0.2) is 17.4 Å². The Morgan fingerprint density at radius 1 is 1.50 bits per heavy atom. The molecule has 0 aromatic heterocycles. The van der Waals surface area contributed by atoms with Crippen molar-refractivity contribution in [1.82, 2.24) is 5.32 Å². The quantitative estimate of drug-likeness (QED) is 0.687. The van der Waals surface area contributed by atoms with Crippen LogP contribution in [0, 0.1) is 5.92 Å². The first-order valence-electron chi connectivity index (χ1n) is 5.65. The highest BCUT2D eigenvalue weighted by molar-refractivity contribution is 5.80. The molecular formula is C12H20N2O2. The number of allylic oxidation sites excluding steroid dienone is 2. The van der Waals surface area contributed by atoms with Gasteiger partial charge in [-0.1, -0.05) is 12.2 Å². The predicted octanol–water partition coefficient (Wildman–Crippen LogP) is 1.11. The van der Waals surface area contributed by atoms with Crippen LogP contribution in [0.4, 0.5) is 0 Å². The minimum Gasteiger partial charge on any atom is -0.370 e. The molecule has 0 saturated heterocycles. The first-order chi connectivity index (χ1) is 7.39. The molecule has 1 aliphatic rings. The fourth-order valence-electron chi connectivity index (χ4n) is 2.01. The Bertz CT molecular complexity index is 308. The van der Waals surface area contributed by atoms with Gasteiger partial charge in [0.05, 0.1) is 0 Å². The Labute approximate surface area is 96.3 Å². The maximum Gasteiger partial charge on any atom is 0.221 e. The lowest BCUT2D eigenvalue weighted by molar-refractivity contribution is -0.124. The smallest absolute Gasteiger partial charge is 0.221 e. The third-order valence-corrected chi connectivity index (χ3v) is 2.65. The molecule has 0 fully saturated rings. The average Bonchev–Trinajstić information content (AvgIpc) is 2.51. The number of rotatable bonds is 5. The molecule has 0 bridgehead atoms. The van der Waals surface area contributed by atoms with Gasteiger partial charge in [0.25, 0.3) is 0 Å². The van der Waals surface area contributed by atoms with Gasteiger partial charge in [-0.3, -0.25) is 9.59 Å². The second-order valence-corrected chi connectivity index (χ2v) is 5.04. The lowest BCUT2D eigenvalue weighted by Gasteiger charge is -2.25. The first-order valence-corrected chi connectivity index (χ1v) is 5.65. The summed E-state index contributed by atoms with van der Waals surface area (Å²) in [6, 6.07) is 0. The predicted molar refractivity (Wildman–Crippen MR) is 62.5 cm³/mol. The summed E-state index contributed by atoms with van der Waals surface area (Å²) in [5.41, 5.74) is 4.57. The van der Waals surface area contributed by atoms with Crippen molar-refractivity contribution in [3.63, 3.8) is 0 Å².